The van der Waals surface area contributed by atoms with Crippen LogP contribution in [0.5, 0.6) is 0 Å². The van der Waals surface area contributed by atoms with Crippen LogP contribution in [-0.2, 0) is 7.05 Å². The molecule has 0 aromatic carbocycles. The van der Waals surface area contributed by atoms with E-state index in [1.54, 1.807) is 10.7 Å². The number of hydrogen-bond acceptors (Lipinski definition) is 3. The average molecular weight is 270 g/mol. The van der Waals surface area contributed by atoms with E-state index in [2.05, 4.69) is 10.1 Å². The smallest absolute Gasteiger partial charge is 0.272 e. The molecule has 1 atom stereocenters. The molecule has 0 N–H and O–H groups in total. The monoisotopic (exact) mass is 270 g/mol. The third-order valence-electron chi connectivity index (χ3n) is 3.73. The number of carbonyl (C=O) groups excluding carboxylic acids is 1. The van der Waals surface area contributed by atoms with Gasteiger partial charge >= 0.3 is 0 Å². The highest BCUT2D eigenvalue weighted by Crippen LogP contribution is 2.32. The van der Waals surface area contributed by atoms with Gasteiger partial charge in [0, 0.05) is 31.0 Å². The van der Waals surface area contributed by atoms with Gasteiger partial charge in [0.1, 0.15) is 5.69 Å². The molecule has 0 unspecified atom stereocenters. The largest absolute Gasteiger partial charge is 0.330 e. The van der Waals surface area contributed by atoms with Crippen LogP contribution in [0.2, 0.25) is 0 Å². The standard InChI is InChI=1S/C15H18N4O/c1-11-5-3-6-13(17-11)15(20)19-8-4-7-14(19)12-9-16-18(2)10-12/h3,5-6,9-10,14H,4,7-8H2,1-2H3/t14-/m0/s1. The van der Waals surface area contributed by atoms with Crippen LogP contribution in [0.15, 0.2) is 30.6 Å². The number of rotatable bonds is 2. The fourth-order valence-corrected chi connectivity index (χ4v) is 2.78. The van der Waals surface area contributed by atoms with Crippen LogP contribution in [-0.4, -0.2) is 32.1 Å². The Hall–Kier alpha value is -2.17. The van der Waals surface area contributed by atoms with Crippen LogP contribution < -0.4 is 0 Å². The zero-order valence-electron chi connectivity index (χ0n) is 11.8. The fourth-order valence-electron chi connectivity index (χ4n) is 2.78. The van der Waals surface area contributed by atoms with Crippen molar-refractivity contribution in [3.63, 3.8) is 0 Å². The summed E-state index contributed by atoms with van der Waals surface area (Å²) in [7, 11) is 1.90. The van der Waals surface area contributed by atoms with Crippen LogP contribution in [0.25, 0.3) is 0 Å². The van der Waals surface area contributed by atoms with Crippen LogP contribution in [0.1, 0.15) is 40.6 Å². The van der Waals surface area contributed by atoms with Crippen molar-refractivity contribution in [2.75, 3.05) is 6.54 Å². The number of carbonyl (C=O) groups is 1. The Labute approximate surface area is 118 Å². The Kier molecular flexibility index (Phi) is 3.26. The molecule has 1 amide bonds. The molecule has 5 nitrogen and oxygen atoms in total. The number of likely N-dealkylation sites (tertiary alicyclic amines) is 1. The Morgan fingerprint density at radius 3 is 2.95 bits per heavy atom. The summed E-state index contributed by atoms with van der Waals surface area (Å²) in [5.41, 5.74) is 2.50. The highest BCUT2D eigenvalue weighted by atomic mass is 16.2. The quantitative estimate of drug-likeness (QED) is 0.839. The first-order valence-corrected chi connectivity index (χ1v) is 6.88. The van der Waals surface area contributed by atoms with Crippen molar-refractivity contribution in [1.29, 1.82) is 0 Å². The Balaban J connectivity index is 1.87. The van der Waals surface area contributed by atoms with Gasteiger partial charge in [-0.15, -0.1) is 0 Å². The molecule has 1 fully saturated rings. The number of amides is 1. The van der Waals surface area contributed by atoms with Crippen LogP contribution in [0, 0.1) is 6.92 Å². The first-order valence-electron chi connectivity index (χ1n) is 6.88. The van der Waals surface area contributed by atoms with E-state index in [0.29, 0.717) is 5.69 Å². The summed E-state index contributed by atoms with van der Waals surface area (Å²) in [5.74, 6) is 0.0139. The lowest BCUT2D eigenvalue weighted by Gasteiger charge is -2.23. The topological polar surface area (TPSA) is 51.0 Å². The SMILES string of the molecule is Cc1cccc(C(=O)N2CCC[C@H]2c2cnn(C)c2)n1. The molecule has 0 radical (unpaired) electrons. The molecule has 1 saturated heterocycles. The third-order valence-corrected chi connectivity index (χ3v) is 3.73. The summed E-state index contributed by atoms with van der Waals surface area (Å²) in [6.07, 6.45) is 5.85. The maximum atomic E-state index is 12.6. The van der Waals surface area contributed by atoms with Crippen molar-refractivity contribution >= 4 is 5.91 Å². The summed E-state index contributed by atoms with van der Waals surface area (Å²) in [6.45, 7) is 2.69. The van der Waals surface area contributed by atoms with E-state index in [-0.39, 0.29) is 11.9 Å². The Morgan fingerprint density at radius 2 is 2.25 bits per heavy atom. The van der Waals surface area contributed by atoms with Gasteiger partial charge in [-0.3, -0.25) is 9.48 Å². The molecular weight excluding hydrogens is 252 g/mol. The van der Waals surface area contributed by atoms with E-state index in [1.165, 1.54) is 0 Å². The first-order chi connectivity index (χ1) is 9.65. The highest BCUT2D eigenvalue weighted by molar-refractivity contribution is 5.92. The van der Waals surface area contributed by atoms with E-state index >= 15 is 0 Å². The second-order valence-corrected chi connectivity index (χ2v) is 5.27. The Bertz CT molecular complexity index is 634. The maximum absolute atomic E-state index is 12.6. The second kappa shape index (κ2) is 5.07. The minimum absolute atomic E-state index is 0.0139. The van der Waals surface area contributed by atoms with Gasteiger partial charge in [-0.05, 0) is 31.9 Å². The van der Waals surface area contributed by atoms with Crippen molar-refractivity contribution < 1.29 is 4.79 Å². The maximum Gasteiger partial charge on any atom is 0.272 e. The van der Waals surface area contributed by atoms with Gasteiger partial charge < -0.3 is 4.90 Å². The summed E-state index contributed by atoms with van der Waals surface area (Å²) < 4.78 is 1.78. The molecule has 0 spiro atoms. The fraction of sp³-hybridized carbons (Fsp3) is 0.400. The molecule has 3 rings (SSSR count). The lowest BCUT2D eigenvalue weighted by molar-refractivity contribution is 0.0729. The molecule has 3 heterocycles. The van der Waals surface area contributed by atoms with Gasteiger partial charge in [0.25, 0.3) is 5.91 Å². The van der Waals surface area contributed by atoms with Crippen LogP contribution in [0.3, 0.4) is 0 Å². The number of nitrogens with zero attached hydrogens (tertiary/aromatic N) is 4. The van der Waals surface area contributed by atoms with Crippen LogP contribution >= 0.6 is 0 Å². The lowest BCUT2D eigenvalue weighted by atomic mass is 10.1. The van der Waals surface area contributed by atoms with E-state index < -0.39 is 0 Å². The molecule has 0 saturated carbocycles. The molecule has 2 aromatic heterocycles. The minimum Gasteiger partial charge on any atom is -0.330 e. The predicted octanol–water partition coefficient (Wildman–Crippen LogP) is 2.10. The van der Waals surface area contributed by atoms with Crippen LogP contribution in [0.4, 0.5) is 0 Å². The van der Waals surface area contributed by atoms with E-state index in [0.717, 1.165) is 30.6 Å². The van der Waals surface area contributed by atoms with Crippen molar-refractivity contribution in [2.24, 2.45) is 7.05 Å². The summed E-state index contributed by atoms with van der Waals surface area (Å²) in [6, 6.07) is 5.69. The third kappa shape index (κ3) is 2.31. The summed E-state index contributed by atoms with van der Waals surface area (Å²) in [4.78, 5) is 18.9. The van der Waals surface area contributed by atoms with E-state index in [9.17, 15) is 4.79 Å². The van der Waals surface area contributed by atoms with Crippen molar-refractivity contribution in [3.8, 4) is 0 Å². The number of pyridine rings is 1. The summed E-state index contributed by atoms with van der Waals surface area (Å²) in [5, 5.41) is 4.20. The molecule has 20 heavy (non-hydrogen) atoms. The lowest BCUT2D eigenvalue weighted by Crippen LogP contribution is -2.31. The van der Waals surface area contributed by atoms with E-state index in [1.807, 2.05) is 43.4 Å². The molecule has 5 heteroatoms. The van der Waals surface area contributed by atoms with Gasteiger partial charge in [-0.2, -0.15) is 5.10 Å². The number of hydrogen-bond donors (Lipinski definition) is 0. The van der Waals surface area contributed by atoms with Gasteiger partial charge in [0.15, 0.2) is 0 Å². The molecule has 0 bridgehead atoms. The molecule has 2 aromatic rings. The van der Waals surface area contributed by atoms with Gasteiger partial charge in [0.2, 0.25) is 0 Å². The first kappa shape index (κ1) is 12.8. The molecule has 1 aliphatic heterocycles. The van der Waals surface area contributed by atoms with Gasteiger partial charge in [0.05, 0.1) is 12.2 Å². The predicted molar refractivity (Wildman–Crippen MR) is 75.2 cm³/mol. The number of aromatic nitrogens is 3. The summed E-state index contributed by atoms with van der Waals surface area (Å²) >= 11 is 0. The second-order valence-electron chi connectivity index (χ2n) is 5.27. The average Bonchev–Trinajstić information content (AvgIpc) is 3.06. The van der Waals surface area contributed by atoms with Gasteiger partial charge in [-0.1, -0.05) is 6.07 Å². The Morgan fingerprint density at radius 1 is 1.40 bits per heavy atom. The van der Waals surface area contributed by atoms with Gasteiger partial charge in [-0.25, -0.2) is 4.98 Å². The zero-order chi connectivity index (χ0) is 14.1. The molecule has 1 aliphatic rings. The van der Waals surface area contributed by atoms with E-state index in [4.69, 9.17) is 0 Å². The highest BCUT2D eigenvalue weighted by Gasteiger charge is 2.31. The minimum atomic E-state index is 0.0139. The normalized spacial score (nSPS) is 18.5. The van der Waals surface area contributed by atoms with Crippen molar-refractivity contribution in [3.05, 3.63) is 47.5 Å². The zero-order valence-corrected chi connectivity index (χ0v) is 11.8. The molecule has 0 aliphatic carbocycles. The molecule has 104 valence electrons. The number of aryl methyl sites for hydroxylation is 2. The molecular formula is C15H18N4O. The van der Waals surface area contributed by atoms with Crippen molar-refractivity contribution in [2.45, 2.75) is 25.8 Å². The van der Waals surface area contributed by atoms with Crippen molar-refractivity contribution in [1.82, 2.24) is 19.7 Å².